The van der Waals surface area contributed by atoms with Crippen molar-refractivity contribution in [2.24, 2.45) is 5.92 Å². The number of para-hydroxylation sites is 2. The molecule has 7 heteroatoms. The van der Waals surface area contributed by atoms with Crippen LogP contribution < -0.4 is 10.6 Å². The van der Waals surface area contributed by atoms with Gasteiger partial charge in [-0.05, 0) is 29.5 Å². The number of rotatable bonds is 5. The number of amides is 2. The summed E-state index contributed by atoms with van der Waals surface area (Å²) >= 11 is 1.44. The quantitative estimate of drug-likeness (QED) is 0.666. The number of benzene rings is 1. The fourth-order valence-electron chi connectivity index (χ4n) is 2.36. The van der Waals surface area contributed by atoms with Gasteiger partial charge in [0.1, 0.15) is 6.04 Å². The molecule has 0 radical (unpaired) electrons. The lowest BCUT2D eigenvalue weighted by Crippen LogP contribution is -2.47. The lowest BCUT2D eigenvalue weighted by Gasteiger charge is -2.20. The van der Waals surface area contributed by atoms with Crippen LogP contribution in [0.4, 0.5) is 5.95 Å². The number of aromatic nitrogens is 2. The molecule has 0 unspecified atom stereocenters. The first-order valence-corrected chi connectivity index (χ1v) is 8.57. The number of carbonyl (C=O) groups is 2. The molecule has 0 fully saturated rings. The third kappa shape index (κ3) is 3.46. The second-order valence-corrected chi connectivity index (χ2v) is 6.58. The molecule has 0 aliphatic rings. The normalized spacial score (nSPS) is 12.3. The monoisotopic (exact) mass is 342 g/mol. The van der Waals surface area contributed by atoms with Crippen LogP contribution in [-0.4, -0.2) is 27.8 Å². The van der Waals surface area contributed by atoms with E-state index < -0.39 is 6.04 Å². The number of fused-ring (bicyclic) bond motifs is 1. The van der Waals surface area contributed by atoms with E-state index in [1.54, 1.807) is 11.4 Å². The summed E-state index contributed by atoms with van der Waals surface area (Å²) in [5.41, 5.74) is 2.18. The van der Waals surface area contributed by atoms with Gasteiger partial charge in [-0.1, -0.05) is 26.0 Å². The van der Waals surface area contributed by atoms with Crippen molar-refractivity contribution >= 4 is 40.1 Å². The van der Waals surface area contributed by atoms with Crippen LogP contribution in [0.25, 0.3) is 11.0 Å². The van der Waals surface area contributed by atoms with Gasteiger partial charge in [0.2, 0.25) is 11.9 Å². The number of nitrogens with zero attached hydrogens (tertiary/aromatic N) is 1. The van der Waals surface area contributed by atoms with Crippen molar-refractivity contribution in [1.29, 1.82) is 0 Å². The minimum Gasteiger partial charge on any atom is -0.340 e. The Balaban J connectivity index is 1.73. The summed E-state index contributed by atoms with van der Waals surface area (Å²) in [5.74, 6) is -0.240. The topological polar surface area (TPSA) is 86.9 Å². The first-order valence-electron chi connectivity index (χ1n) is 7.63. The second-order valence-electron chi connectivity index (χ2n) is 5.80. The van der Waals surface area contributed by atoms with Crippen LogP contribution in [0.5, 0.6) is 0 Å². The highest BCUT2D eigenvalue weighted by Gasteiger charge is 2.25. The van der Waals surface area contributed by atoms with Gasteiger partial charge in [0.25, 0.3) is 5.91 Å². The summed E-state index contributed by atoms with van der Waals surface area (Å²) in [7, 11) is 0. The Hall–Kier alpha value is -2.67. The maximum Gasteiger partial charge on any atom is 0.252 e. The van der Waals surface area contributed by atoms with E-state index >= 15 is 0 Å². The molecule has 0 saturated carbocycles. The van der Waals surface area contributed by atoms with Crippen molar-refractivity contribution in [2.45, 2.75) is 19.9 Å². The highest BCUT2D eigenvalue weighted by atomic mass is 32.1. The van der Waals surface area contributed by atoms with E-state index in [-0.39, 0.29) is 17.7 Å². The van der Waals surface area contributed by atoms with Crippen molar-refractivity contribution < 1.29 is 9.59 Å². The fourth-order valence-corrected chi connectivity index (χ4v) is 3.00. The van der Waals surface area contributed by atoms with Crippen molar-refractivity contribution in [3.8, 4) is 0 Å². The molecule has 2 heterocycles. The van der Waals surface area contributed by atoms with Crippen LogP contribution in [-0.2, 0) is 4.79 Å². The molecule has 2 amide bonds. The molecule has 1 atom stereocenters. The van der Waals surface area contributed by atoms with E-state index in [0.29, 0.717) is 11.5 Å². The number of hydrogen-bond donors (Lipinski definition) is 3. The molecule has 124 valence electrons. The molecule has 0 aliphatic heterocycles. The van der Waals surface area contributed by atoms with Crippen molar-refractivity contribution in [3.63, 3.8) is 0 Å². The zero-order chi connectivity index (χ0) is 17.1. The maximum absolute atomic E-state index is 12.6. The Kier molecular flexibility index (Phi) is 4.61. The van der Waals surface area contributed by atoms with Gasteiger partial charge in [0, 0.05) is 5.38 Å². The van der Waals surface area contributed by atoms with Crippen molar-refractivity contribution in [2.75, 3.05) is 5.32 Å². The van der Waals surface area contributed by atoms with E-state index in [0.717, 1.165) is 11.0 Å². The predicted molar refractivity (Wildman–Crippen MR) is 95.1 cm³/mol. The third-order valence-corrected chi connectivity index (χ3v) is 4.33. The van der Waals surface area contributed by atoms with Crippen LogP contribution in [0, 0.1) is 5.92 Å². The van der Waals surface area contributed by atoms with E-state index in [4.69, 9.17) is 0 Å². The van der Waals surface area contributed by atoms with Crippen LogP contribution in [0.15, 0.2) is 41.1 Å². The van der Waals surface area contributed by atoms with Gasteiger partial charge >= 0.3 is 0 Å². The Morgan fingerprint density at radius 3 is 2.67 bits per heavy atom. The molecule has 3 rings (SSSR count). The molecule has 3 aromatic rings. The molecule has 0 saturated heterocycles. The van der Waals surface area contributed by atoms with E-state index in [2.05, 4.69) is 20.6 Å². The van der Waals surface area contributed by atoms with E-state index in [9.17, 15) is 9.59 Å². The smallest absolute Gasteiger partial charge is 0.252 e. The number of carbonyl (C=O) groups excluding carboxylic acids is 2. The Bertz CT molecular complexity index is 821. The summed E-state index contributed by atoms with van der Waals surface area (Å²) in [6.07, 6.45) is 0. The lowest BCUT2D eigenvalue weighted by molar-refractivity contribution is -0.118. The van der Waals surface area contributed by atoms with Gasteiger partial charge in [-0.3, -0.25) is 14.9 Å². The molecule has 3 N–H and O–H groups in total. The molecular weight excluding hydrogens is 324 g/mol. The number of nitrogens with one attached hydrogen (secondary N) is 3. The van der Waals surface area contributed by atoms with Gasteiger partial charge in [-0.25, -0.2) is 4.98 Å². The van der Waals surface area contributed by atoms with Gasteiger partial charge in [0.05, 0.1) is 16.6 Å². The average Bonchev–Trinajstić information content (AvgIpc) is 3.20. The van der Waals surface area contributed by atoms with Crippen molar-refractivity contribution in [1.82, 2.24) is 15.3 Å². The van der Waals surface area contributed by atoms with Gasteiger partial charge < -0.3 is 10.3 Å². The Morgan fingerprint density at radius 2 is 2.00 bits per heavy atom. The highest BCUT2D eigenvalue weighted by molar-refractivity contribution is 7.08. The first-order chi connectivity index (χ1) is 11.5. The minimum absolute atomic E-state index is 0.0584. The average molecular weight is 342 g/mol. The Morgan fingerprint density at radius 1 is 1.21 bits per heavy atom. The molecule has 6 nitrogen and oxygen atoms in total. The largest absolute Gasteiger partial charge is 0.340 e. The standard InChI is InChI=1S/C17H18N4O2S/c1-10(2)14(20-15(22)11-7-8-24-9-11)16(23)21-17-18-12-5-3-4-6-13(12)19-17/h3-10,14H,1-2H3,(H,20,22)(H2,18,19,21,23)/t14-/m1/s1. The predicted octanol–water partition coefficient (Wildman–Crippen LogP) is 3.02. The summed E-state index contributed by atoms with van der Waals surface area (Å²) in [4.78, 5) is 32.1. The molecule has 24 heavy (non-hydrogen) atoms. The van der Waals surface area contributed by atoms with Gasteiger partial charge in [-0.15, -0.1) is 0 Å². The van der Waals surface area contributed by atoms with Crippen LogP contribution in [0.3, 0.4) is 0 Å². The number of H-pyrrole nitrogens is 1. The summed E-state index contributed by atoms with van der Waals surface area (Å²) in [5, 5.41) is 9.11. The number of hydrogen-bond acceptors (Lipinski definition) is 4. The van der Waals surface area contributed by atoms with E-state index in [1.807, 2.05) is 43.5 Å². The Labute approximate surface area is 143 Å². The van der Waals surface area contributed by atoms with Crippen molar-refractivity contribution in [3.05, 3.63) is 46.7 Å². The molecule has 1 aromatic carbocycles. The summed E-state index contributed by atoms with van der Waals surface area (Å²) < 4.78 is 0. The van der Waals surface area contributed by atoms with Gasteiger partial charge in [-0.2, -0.15) is 11.3 Å². The summed E-state index contributed by atoms with van der Waals surface area (Å²) in [6.45, 7) is 3.77. The number of thiophene rings is 1. The number of aromatic amines is 1. The van der Waals surface area contributed by atoms with E-state index in [1.165, 1.54) is 11.3 Å². The lowest BCUT2D eigenvalue weighted by atomic mass is 10.0. The van der Waals surface area contributed by atoms with Crippen LogP contribution in [0.2, 0.25) is 0 Å². The zero-order valence-corrected chi connectivity index (χ0v) is 14.2. The zero-order valence-electron chi connectivity index (χ0n) is 13.4. The molecule has 0 spiro atoms. The fraction of sp³-hybridized carbons (Fsp3) is 0.235. The molecule has 0 aliphatic carbocycles. The SMILES string of the molecule is CC(C)[C@@H](NC(=O)c1ccsc1)C(=O)Nc1nc2ccccc2[nH]1. The highest BCUT2D eigenvalue weighted by Crippen LogP contribution is 2.15. The van der Waals surface area contributed by atoms with Gasteiger partial charge in [0.15, 0.2) is 0 Å². The third-order valence-electron chi connectivity index (χ3n) is 3.65. The molecule has 2 aromatic heterocycles. The number of imidazole rings is 1. The van der Waals surface area contributed by atoms with Crippen LogP contribution >= 0.6 is 11.3 Å². The minimum atomic E-state index is -0.648. The maximum atomic E-state index is 12.6. The first kappa shape index (κ1) is 16.2. The second kappa shape index (κ2) is 6.84. The molecular formula is C17H18N4O2S. The molecule has 0 bridgehead atoms. The number of anilines is 1. The summed E-state index contributed by atoms with van der Waals surface area (Å²) in [6, 6.07) is 8.60. The van der Waals surface area contributed by atoms with Crippen LogP contribution in [0.1, 0.15) is 24.2 Å².